The molecule has 2 aromatic heterocycles. The van der Waals surface area contributed by atoms with E-state index >= 15 is 0 Å². The molecule has 6 aromatic rings. The van der Waals surface area contributed by atoms with Crippen LogP contribution >= 0.6 is 0 Å². The van der Waals surface area contributed by atoms with Gasteiger partial charge < -0.3 is 14.2 Å². The molecule has 0 saturated heterocycles. The fourth-order valence-electron chi connectivity index (χ4n) is 3.76. The lowest BCUT2D eigenvalue weighted by atomic mass is 10.1. The van der Waals surface area contributed by atoms with E-state index in [1.807, 2.05) is 54.6 Å². The fourth-order valence-corrected chi connectivity index (χ4v) is 3.76. The Morgan fingerprint density at radius 1 is 0.444 bits per heavy atom. The van der Waals surface area contributed by atoms with Crippen LogP contribution in [0.1, 0.15) is 0 Å². The maximum absolute atomic E-state index is 6.07. The van der Waals surface area contributed by atoms with Crippen LogP contribution in [0.3, 0.4) is 0 Å². The fraction of sp³-hybridized carbons (Fsp3) is 0. The summed E-state index contributed by atoms with van der Waals surface area (Å²) in [7, 11) is 0. The lowest BCUT2D eigenvalue weighted by molar-refractivity contribution is 0.656. The maximum Gasteiger partial charge on any atom is 0.139 e. The highest BCUT2D eigenvalue weighted by Crippen LogP contribution is 2.37. The van der Waals surface area contributed by atoms with Crippen molar-refractivity contribution >= 4 is 55.3 Å². The Labute approximate surface area is 154 Å². The van der Waals surface area contributed by atoms with Gasteiger partial charge in [-0.05, 0) is 42.5 Å². The Kier molecular flexibility index (Phi) is 2.88. The topological polar surface area (TPSA) is 38.3 Å². The zero-order valence-corrected chi connectivity index (χ0v) is 14.4. The standard InChI is InChI=1S/C24H15NO2/c1-2-6-15(7-3-1)25-16-10-11-22-18(12-16)20-13-19-17-8-4-5-9-21(17)26-23(19)14-24(20)27-22/h1-14,25H. The first-order chi connectivity index (χ1) is 13.3. The van der Waals surface area contributed by atoms with Gasteiger partial charge in [-0.25, -0.2) is 0 Å². The van der Waals surface area contributed by atoms with E-state index in [1.165, 1.54) is 0 Å². The number of benzene rings is 4. The number of anilines is 2. The van der Waals surface area contributed by atoms with E-state index in [4.69, 9.17) is 8.83 Å². The molecule has 3 heteroatoms. The van der Waals surface area contributed by atoms with Gasteiger partial charge in [0.1, 0.15) is 22.3 Å². The van der Waals surface area contributed by atoms with Crippen LogP contribution in [0.4, 0.5) is 11.4 Å². The van der Waals surface area contributed by atoms with Crippen molar-refractivity contribution in [2.45, 2.75) is 0 Å². The summed E-state index contributed by atoms with van der Waals surface area (Å²) in [4.78, 5) is 0. The quantitative estimate of drug-likeness (QED) is 0.358. The number of furan rings is 2. The van der Waals surface area contributed by atoms with Crippen molar-refractivity contribution in [3.63, 3.8) is 0 Å². The molecule has 3 nitrogen and oxygen atoms in total. The lowest BCUT2D eigenvalue weighted by Gasteiger charge is -2.05. The van der Waals surface area contributed by atoms with Gasteiger partial charge in [-0.1, -0.05) is 36.4 Å². The molecule has 0 aliphatic carbocycles. The monoisotopic (exact) mass is 349 g/mol. The maximum atomic E-state index is 6.07. The number of rotatable bonds is 2. The zero-order valence-electron chi connectivity index (χ0n) is 14.4. The second kappa shape index (κ2) is 5.39. The number of hydrogen-bond acceptors (Lipinski definition) is 3. The molecule has 0 amide bonds. The first-order valence-corrected chi connectivity index (χ1v) is 8.95. The van der Waals surface area contributed by atoms with Crippen LogP contribution in [0.15, 0.2) is 93.8 Å². The minimum absolute atomic E-state index is 0.841. The van der Waals surface area contributed by atoms with Gasteiger partial charge in [0.05, 0.1) is 0 Å². The van der Waals surface area contributed by atoms with Gasteiger partial charge in [0, 0.05) is 39.0 Å². The van der Waals surface area contributed by atoms with Crippen LogP contribution in [-0.4, -0.2) is 0 Å². The van der Waals surface area contributed by atoms with E-state index in [-0.39, 0.29) is 0 Å². The highest BCUT2D eigenvalue weighted by Gasteiger charge is 2.13. The molecule has 0 fully saturated rings. The summed E-state index contributed by atoms with van der Waals surface area (Å²) >= 11 is 0. The molecule has 0 radical (unpaired) electrons. The Hall–Kier alpha value is -3.72. The van der Waals surface area contributed by atoms with E-state index < -0.39 is 0 Å². The second-order valence-corrected chi connectivity index (χ2v) is 6.75. The molecular weight excluding hydrogens is 334 g/mol. The SMILES string of the molecule is c1ccc(Nc2ccc3oc4cc5oc6ccccc6c5cc4c3c2)cc1. The summed E-state index contributed by atoms with van der Waals surface area (Å²) in [6.07, 6.45) is 0. The third-order valence-electron chi connectivity index (χ3n) is 5.03. The zero-order chi connectivity index (χ0) is 17.8. The Morgan fingerprint density at radius 2 is 1.11 bits per heavy atom. The molecular formula is C24H15NO2. The molecule has 0 atom stereocenters. The van der Waals surface area contributed by atoms with Gasteiger partial charge in [-0.15, -0.1) is 0 Å². The summed E-state index contributed by atoms with van der Waals surface area (Å²) in [5.74, 6) is 0. The van der Waals surface area contributed by atoms with Crippen LogP contribution in [0.2, 0.25) is 0 Å². The molecule has 0 unspecified atom stereocenters. The number of nitrogens with one attached hydrogen (secondary N) is 1. The summed E-state index contributed by atoms with van der Waals surface area (Å²) < 4.78 is 12.1. The minimum atomic E-state index is 0.841. The third kappa shape index (κ3) is 2.22. The van der Waals surface area contributed by atoms with Gasteiger partial charge in [0.25, 0.3) is 0 Å². The Bertz CT molecular complexity index is 1440. The van der Waals surface area contributed by atoms with E-state index in [0.29, 0.717) is 0 Å². The largest absolute Gasteiger partial charge is 0.456 e. The smallest absolute Gasteiger partial charge is 0.139 e. The first-order valence-electron chi connectivity index (χ1n) is 8.95. The van der Waals surface area contributed by atoms with Crippen LogP contribution in [0.25, 0.3) is 43.9 Å². The molecule has 0 saturated carbocycles. The highest BCUT2D eigenvalue weighted by molar-refractivity contribution is 6.15. The number of hydrogen-bond donors (Lipinski definition) is 1. The molecule has 1 N–H and O–H groups in total. The molecule has 27 heavy (non-hydrogen) atoms. The van der Waals surface area contributed by atoms with E-state index in [1.54, 1.807) is 0 Å². The van der Waals surface area contributed by atoms with Crippen molar-refractivity contribution in [2.24, 2.45) is 0 Å². The van der Waals surface area contributed by atoms with Crippen molar-refractivity contribution in [3.8, 4) is 0 Å². The molecule has 0 aliphatic heterocycles. The third-order valence-corrected chi connectivity index (χ3v) is 5.03. The molecule has 128 valence electrons. The summed E-state index contributed by atoms with van der Waals surface area (Å²) in [6.45, 7) is 0. The molecule has 6 rings (SSSR count). The lowest BCUT2D eigenvalue weighted by Crippen LogP contribution is -1.88. The Morgan fingerprint density at radius 3 is 1.96 bits per heavy atom. The van der Waals surface area contributed by atoms with Crippen molar-refractivity contribution in [1.82, 2.24) is 0 Å². The Balaban J connectivity index is 1.58. The van der Waals surface area contributed by atoms with Gasteiger partial charge in [-0.2, -0.15) is 0 Å². The van der Waals surface area contributed by atoms with Gasteiger partial charge >= 0.3 is 0 Å². The molecule has 0 aliphatic rings. The highest BCUT2D eigenvalue weighted by atomic mass is 16.3. The molecule has 0 spiro atoms. The average Bonchev–Trinajstić information content (AvgIpc) is 3.24. The van der Waals surface area contributed by atoms with E-state index in [0.717, 1.165) is 55.3 Å². The van der Waals surface area contributed by atoms with Gasteiger partial charge in [0.15, 0.2) is 0 Å². The van der Waals surface area contributed by atoms with Crippen LogP contribution in [-0.2, 0) is 0 Å². The first kappa shape index (κ1) is 14.4. The van der Waals surface area contributed by atoms with Gasteiger partial charge in [-0.3, -0.25) is 0 Å². The van der Waals surface area contributed by atoms with E-state index in [9.17, 15) is 0 Å². The predicted octanol–water partition coefficient (Wildman–Crippen LogP) is 7.23. The van der Waals surface area contributed by atoms with Crippen molar-refractivity contribution in [1.29, 1.82) is 0 Å². The number of fused-ring (bicyclic) bond motifs is 6. The van der Waals surface area contributed by atoms with Crippen molar-refractivity contribution in [3.05, 3.63) is 84.9 Å². The van der Waals surface area contributed by atoms with Crippen LogP contribution < -0.4 is 5.32 Å². The average molecular weight is 349 g/mol. The predicted molar refractivity (Wildman–Crippen MR) is 111 cm³/mol. The second-order valence-electron chi connectivity index (χ2n) is 6.75. The van der Waals surface area contributed by atoms with Crippen LogP contribution in [0.5, 0.6) is 0 Å². The normalized spacial score (nSPS) is 11.7. The summed E-state index contributed by atoms with van der Waals surface area (Å²) in [5.41, 5.74) is 5.57. The molecule has 0 bridgehead atoms. The van der Waals surface area contributed by atoms with Crippen LogP contribution in [0, 0.1) is 0 Å². The molecule has 4 aromatic carbocycles. The van der Waals surface area contributed by atoms with Crippen molar-refractivity contribution < 1.29 is 8.83 Å². The summed E-state index contributed by atoms with van der Waals surface area (Å²) in [6, 6.07) is 28.7. The van der Waals surface area contributed by atoms with Crippen molar-refractivity contribution in [2.75, 3.05) is 5.32 Å². The van der Waals surface area contributed by atoms with E-state index in [2.05, 4.69) is 35.6 Å². The van der Waals surface area contributed by atoms with Gasteiger partial charge in [0.2, 0.25) is 0 Å². The summed E-state index contributed by atoms with van der Waals surface area (Å²) in [5, 5.41) is 7.89. The minimum Gasteiger partial charge on any atom is -0.456 e. The molecule has 2 heterocycles. The number of para-hydroxylation sites is 2.